The minimum Gasteiger partial charge on any atom is -0.385 e. The molecule has 0 saturated heterocycles. The minimum absolute atomic E-state index is 0.0270. The van der Waals surface area contributed by atoms with E-state index in [4.69, 9.17) is 9.47 Å². The molecule has 0 unspecified atom stereocenters. The highest BCUT2D eigenvalue weighted by molar-refractivity contribution is 9.10. The molecule has 1 heterocycles. The van der Waals surface area contributed by atoms with Crippen LogP contribution in [0, 0.1) is 11.7 Å². The molecule has 0 spiro atoms. The van der Waals surface area contributed by atoms with Gasteiger partial charge in [0.05, 0.1) is 10.3 Å². The van der Waals surface area contributed by atoms with Crippen LogP contribution < -0.4 is 5.32 Å². The number of benzene rings is 1. The first-order valence-corrected chi connectivity index (χ1v) is 15.5. The van der Waals surface area contributed by atoms with Crippen molar-refractivity contribution in [1.29, 1.82) is 0 Å². The number of hydrogen-bond acceptors (Lipinski definition) is 6. The first kappa shape index (κ1) is 24.4. The predicted molar refractivity (Wildman–Crippen MR) is 127 cm³/mol. The molecule has 31 heavy (non-hydrogen) atoms. The third-order valence-electron chi connectivity index (χ3n) is 5.75. The SMILES string of the molecule is CC(=O)[C@]12C[C@H]1[C@@](C)(c1cc(Br)ccc1F)N=C(OC(=O)NCOCC[Si](C)(C)C)S2. The van der Waals surface area contributed by atoms with Crippen LogP contribution in [0.4, 0.5) is 9.18 Å². The maximum atomic E-state index is 14.7. The lowest BCUT2D eigenvalue weighted by atomic mass is 9.85. The average molecular weight is 532 g/mol. The van der Waals surface area contributed by atoms with Crippen molar-refractivity contribution in [1.82, 2.24) is 5.32 Å². The number of carbonyl (C=O) groups excluding carboxylic acids is 2. The Kier molecular flexibility index (Phi) is 7.05. The molecule has 0 bridgehead atoms. The van der Waals surface area contributed by atoms with Gasteiger partial charge in [-0.15, -0.1) is 0 Å². The van der Waals surface area contributed by atoms with Crippen molar-refractivity contribution in [2.45, 2.75) is 56.2 Å². The summed E-state index contributed by atoms with van der Waals surface area (Å²) < 4.78 is 25.5. The fraction of sp³-hybridized carbons (Fsp3) is 0.571. The molecule has 1 amide bonds. The highest BCUT2D eigenvalue weighted by Crippen LogP contribution is 2.66. The largest absolute Gasteiger partial charge is 0.416 e. The number of halogens is 2. The van der Waals surface area contributed by atoms with Gasteiger partial charge < -0.3 is 9.47 Å². The Hall–Kier alpha value is -1.23. The monoisotopic (exact) mass is 530 g/mol. The third-order valence-corrected chi connectivity index (χ3v) is 9.40. The van der Waals surface area contributed by atoms with E-state index in [0.29, 0.717) is 23.1 Å². The van der Waals surface area contributed by atoms with Gasteiger partial charge >= 0.3 is 6.09 Å². The van der Waals surface area contributed by atoms with Gasteiger partial charge in [0.1, 0.15) is 18.3 Å². The van der Waals surface area contributed by atoms with Gasteiger partial charge in [-0.05, 0) is 44.5 Å². The zero-order chi connectivity index (χ0) is 23.0. The average Bonchev–Trinajstić information content (AvgIpc) is 3.39. The van der Waals surface area contributed by atoms with Crippen LogP contribution in [0.15, 0.2) is 27.7 Å². The van der Waals surface area contributed by atoms with Crippen LogP contribution in [0.2, 0.25) is 25.7 Å². The van der Waals surface area contributed by atoms with Crippen LogP contribution >= 0.6 is 27.7 Å². The lowest BCUT2D eigenvalue weighted by Crippen LogP contribution is -2.39. The van der Waals surface area contributed by atoms with Gasteiger partial charge in [-0.1, -0.05) is 47.3 Å². The van der Waals surface area contributed by atoms with Gasteiger partial charge in [0.25, 0.3) is 5.23 Å². The zero-order valence-corrected chi connectivity index (χ0v) is 21.8. The second kappa shape index (κ2) is 8.96. The highest BCUT2D eigenvalue weighted by Gasteiger charge is 2.70. The fourth-order valence-electron chi connectivity index (χ4n) is 3.77. The molecule has 1 fully saturated rings. The van der Waals surface area contributed by atoms with Crippen molar-refractivity contribution in [3.05, 3.63) is 34.1 Å². The molecule has 1 saturated carbocycles. The molecule has 1 aromatic rings. The van der Waals surface area contributed by atoms with Crippen LogP contribution in [0.25, 0.3) is 0 Å². The standard InChI is InChI=1S/C21H28BrFN2O4SSi/c1-13(26)21-11-17(21)20(2,15-10-14(22)6-7-16(15)23)25-19(30-21)29-18(27)24-12-28-8-9-31(3,4)5/h6-7,10,17H,8-9,11-12H2,1-5H3,(H,24,27)/t17-,20+,21+/m0/s1. The van der Waals surface area contributed by atoms with Crippen LogP contribution in [0.5, 0.6) is 0 Å². The minimum atomic E-state index is -1.21. The van der Waals surface area contributed by atoms with E-state index < -0.39 is 30.3 Å². The quantitative estimate of drug-likeness (QED) is 0.294. The number of ether oxygens (including phenoxy) is 2. The highest BCUT2D eigenvalue weighted by atomic mass is 79.9. The lowest BCUT2D eigenvalue weighted by molar-refractivity contribution is -0.117. The second-order valence-corrected chi connectivity index (χ2v) is 17.2. The summed E-state index contributed by atoms with van der Waals surface area (Å²) in [6.07, 6.45) is -0.165. The Morgan fingerprint density at radius 1 is 1.39 bits per heavy atom. The summed E-state index contributed by atoms with van der Waals surface area (Å²) in [4.78, 5) is 29.3. The number of ketones is 1. The Bertz CT molecular complexity index is 925. The van der Waals surface area contributed by atoms with Gasteiger partial charge in [-0.2, -0.15) is 0 Å². The van der Waals surface area contributed by atoms with E-state index in [1.165, 1.54) is 13.0 Å². The van der Waals surface area contributed by atoms with Crippen molar-refractivity contribution in [3.8, 4) is 0 Å². The number of hydrogen-bond donors (Lipinski definition) is 1. The number of carbonyl (C=O) groups is 2. The summed E-state index contributed by atoms with van der Waals surface area (Å²) >= 11 is 4.52. The fourth-order valence-corrected chi connectivity index (χ4v) is 6.32. The van der Waals surface area contributed by atoms with E-state index in [1.807, 2.05) is 0 Å². The van der Waals surface area contributed by atoms with E-state index in [2.05, 4.69) is 45.9 Å². The van der Waals surface area contributed by atoms with Crippen molar-refractivity contribution < 1.29 is 23.5 Å². The first-order valence-electron chi connectivity index (χ1n) is 10.2. The summed E-state index contributed by atoms with van der Waals surface area (Å²) in [6.45, 7) is 10.6. The summed E-state index contributed by atoms with van der Waals surface area (Å²) in [5, 5.41) is 2.61. The molecule has 1 N–H and O–H groups in total. The zero-order valence-electron chi connectivity index (χ0n) is 18.4. The second-order valence-electron chi connectivity index (χ2n) is 9.38. The molecule has 0 aromatic heterocycles. The van der Waals surface area contributed by atoms with Crippen molar-refractivity contribution in [2.24, 2.45) is 10.9 Å². The van der Waals surface area contributed by atoms with Gasteiger partial charge in [-0.25, -0.2) is 14.2 Å². The van der Waals surface area contributed by atoms with Crippen LogP contribution in [0.1, 0.15) is 25.8 Å². The maximum absolute atomic E-state index is 14.7. The van der Waals surface area contributed by atoms with E-state index in [0.717, 1.165) is 17.8 Å². The third kappa shape index (κ3) is 5.40. The van der Waals surface area contributed by atoms with Crippen molar-refractivity contribution in [2.75, 3.05) is 13.3 Å². The van der Waals surface area contributed by atoms with Gasteiger partial charge in [-0.3, -0.25) is 10.1 Å². The molecule has 1 aliphatic carbocycles. The van der Waals surface area contributed by atoms with Crippen LogP contribution in [-0.4, -0.2) is 43.3 Å². The molecule has 3 rings (SSSR count). The Morgan fingerprint density at radius 3 is 2.74 bits per heavy atom. The predicted octanol–water partition coefficient (Wildman–Crippen LogP) is 5.29. The maximum Gasteiger partial charge on any atom is 0.416 e. The van der Waals surface area contributed by atoms with Gasteiger partial charge in [0.15, 0.2) is 0 Å². The summed E-state index contributed by atoms with van der Waals surface area (Å²) in [5.74, 6) is -0.618. The smallest absolute Gasteiger partial charge is 0.385 e. The molecule has 1 aliphatic heterocycles. The number of nitrogens with one attached hydrogen (secondary N) is 1. The molecule has 3 atom stereocenters. The molecule has 170 valence electrons. The van der Waals surface area contributed by atoms with Crippen LogP contribution in [0.3, 0.4) is 0 Å². The number of thioether (sulfide) groups is 1. The van der Waals surface area contributed by atoms with E-state index >= 15 is 0 Å². The number of fused-ring (bicyclic) bond motifs is 1. The van der Waals surface area contributed by atoms with Crippen LogP contribution in [-0.2, 0) is 19.8 Å². The number of Topliss-reactive ketones (excluding diaryl/α,β-unsaturated/α-hetero) is 1. The van der Waals surface area contributed by atoms with E-state index in [-0.39, 0.29) is 23.7 Å². The summed E-state index contributed by atoms with van der Waals surface area (Å²) in [6, 6.07) is 5.64. The Balaban J connectivity index is 1.73. The molecule has 10 heteroatoms. The van der Waals surface area contributed by atoms with Crippen molar-refractivity contribution >= 4 is 52.9 Å². The topological polar surface area (TPSA) is 77.0 Å². The number of rotatable bonds is 7. The Labute approximate surface area is 195 Å². The molecule has 6 nitrogen and oxygen atoms in total. The lowest BCUT2D eigenvalue weighted by Gasteiger charge is -2.33. The van der Waals surface area contributed by atoms with Gasteiger partial charge in [0.2, 0.25) is 0 Å². The molecule has 2 aliphatic rings. The van der Waals surface area contributed by atoms with E-state index in [1.54, 1.807) is 19.1 Å². The normalized spacial score (nSPS) is 27.2. The molecule has 1 aromatic carbocycles. The summed E-state index contributed by atoms with van der Waals surface area (Å²) in [7, 11) is -1.21. The number of alkyl carbamates (subject to hydrolysis) is 1. The Morgan fingerprint density at radius 2 is 2.10 bits per heavy atom. The number of amides is 1. The number of aliphatic imine (C=N–C) groups is 1. The van der Waals surface area contributed by atoms with Crippen molar-refractivity contribution in [3.63, 3.8) is 0 Å². The number of nitrogens with zero attached hydrogens (tertiary/aromatic N) is 1. The first-order chi connectivity index (χ1) is 14.4. The summed E-state index contributed by atoms with van der Waals surface area (Å²) in [5.41, 5.74) is -0.652. The van der Waals surface area contributed by atoms with Gasteiger partial charge in [0, 0.05) is 30.6 Å². The molecular weight excluding hydrogens is 503 g/mol. The molecular formula is C21H28BrFN2O4SSi. The molecule has 0 radical (unpaired) electrons. The van der Waals surface area contributed by atoms with E-state index in [9.17, 15) is 14.0 Å².